The number of benzene rings is 2. The molecular formula is C47H48F3N11O7. The van der Waals surface area contributed by atoms with Gasteiger partial charge in [0.15, 0.2) is 0 Å². The fourth-order valence-corrected chi connectivity index (χ4v) is 8.54. The number of alkyl halides is 3. The number of nitrogens with two attached hydrogens (primary N) is 1. The van der Waals surface area contributed by atoms with E-state index in [9.17, 15) is 41.9 Å². The van der Waals surface area contributed by atoms with Crippen LogP contribution in [0.3, 0.4) is 0 Å². The van der Waals surface area contributed by atoms with Crippen molar-refractivity contribution in [1.82, 2.24) is 40.2 Å². The first kappa shape index (κ1) is 46.8. The normalized spacial score (nSPS) is 18.1. The highest BCUT2D eigenvalue weighted by atomic mass is 19.4. The highest BCUT2D eigenvalue weighted by Gasteiger charge is 2.34. The Morgan fingerprint density at radius 1 is 0.941 bits per heavy atom. The fraction of sp³-hybridized carbons (Fsp3) is 0.340. The number of nitrogen functional groups attached to an aromatic ring is 1. The minimum atomic E-state index is -4.60. The average Bonchev–Trinajstić information content (AvgIpc) is 3.95. The van der Waals surface area contributed by atoms with Gasteiger partial charge in [-0.25, -0.2) is 19.7 Å². The number of amides is 7. The van der Waals surface area contributed by atoms with E-state index in [1.54, 1.807) is 36.5 Å². The van der Waals surface area contributed by atoms with Crippen molar-refractivity contribution >= 4 is 64.5 Å². The summed E-state index contributed by atoms with van der Waals surface area (Å²) in [5, 5.41) is 10.6. The molecule has 354 valence electrons. The van der Waals surface area contributed by atoms with Crippen molar-refractivity contribution in [1.29, 1.82) is 0 Å². The number of hydrogen-bond donors (Lipinski definition) is 5. The maximum Gasteiger partial charge on any atom is 0.416 e. The van der Waals surface area contributed by atoms with E-state index in [-0.39, 0.29) is 105 Å². The van der Waals surface area contributed by atoms with Crippen LogP contribution in [-0.4, -0.2) is 105 Å². The first-order chi connectivity index (χ1) is 32.6. The summed E-state index contributed by atoms with van der Waals surface area (Å²) in [5.74, 6) is -1.36. The Labute approximate surface area is 387 Å². The van der Waals surface area contributed by atoms with Gasteiger partial charge in [-0.15, -0.1) is 0 Å². The third kappa shape index (κ3) is 10.6. The van der Waals surface area contributed by atoms with Gasteiger partial charge < -0.3 is 31.3 Å². The number of urea groups is 1. The van der Waals surface area contributed by atoms with Crippen LogP contribution in [0.25, 0.3) is 22.9 Å². The molecule has 18 nitrogen and oxygen atoms in total. The molecule has 6 N–H and O–H groups in total. The summed E-state index contributed by atoms with van der Waals surface area (Å²) < 4.78 is 47.3. The summed E-state index contributed by atoms with van der Waals surface area (Å²) >= 11 is 0. The summed E-state index contributed by atoms with van der Waals surface area (Å²) in [5.41, 5.74) is 9.74. The van der Waals surface area contributed by atoms with E-state index in [4.69, 9.17) is 15.5 Å². The number of imide groups is 1. The lowest BCUT2D eigenvalue weighted by Crippen LogP contribution is -2.49. The number of carbonyl (C=O) groups is 6. The molecule has 2 aromatic carbocycles. The number of aryl methyl sites for hydroxylation is 1. The van der Waals surface area contributed by atoms with Crippen molar-refractivity contribution in [3.63, 3.8) is 0 Å². The zero-order valence-corrected chi connectivity index (χ0v) is 36.9. The number of hydrogen-bond acceptors (Lipinski definition) is 11. The number of rotatable bonds is 11. The smallest absolute Gasteiger partial charge is 0.382 e. The lowest BCUT2D eigenvalue weighted by atomic mass is 10.1. The molecule has 2 fully saturated rings. The van der Waals surface area contributed by atoms with Gasteiger partial charge in [0.1, 0.15) is 28.7 Å². The van der Waals surface area contributed by atoms with Crippen LogP contribution in [0, 0.1) is 6.92 Å². The zero-order valence-electron chi connectivity index (χ0n) is 36.9. The van der Waals surface area contributed by atoms with Crippen LogP contribution in [0.15, 0.2) is 73.1 Å². The van der Waals surface area contributed by atoms with Gasteiger partial charge in [0, 0.05) is 66.6 Å². The van der Waals surface area contributed by atoms with Gasteiger partial charge in [-0.05, 0) is 80.6 Å². The third-order valence-corrected chi connectivity index (χ3v) is 12.0. The van der Waals surface area contributed by atoms with Gasteiger partial charge in [0.05, 0.1) is 43.6 Å². The van der Waals surface area contributed by atoms with Crippen LogP contribution in [-0.2, 0) is 25.3 Å². The molecule has 68 heavy (non-hydrogen) atoms. The van der Waals surface area contributed by atoms with Gasteiger partial charge in [0.25, 0.3) is 11.8 Å². The monoisotopic (exact) mass is 935 g/mol. The molecule has 5 heterocycles. The van der Waals surface area contributed by atoms with Crippen LogP contribution >= 0.6 is 0 Å². The van der Waals surface area contributed by atoms with Crippen LogP contribution in [0.2, 0.25) is 0 Å². The number of imidazole rings is 1. The van der Waals surface area contributed by atoms with Crippen molar-refractivity contribution in [2.75, 3.05) is 55.3 Å². The number of fused-ring (bicyclic) bond motifs is 3. The van der Waals surface area contributed by atoms with Gasteiger partial charge >= 0.3 is 12.2 Å². The van der Waals surface area contributed by atoms with E-state index < -0.39 is 23.7 Å². The topological polar surface area (TPSA) is 235 Å². The molecule has 8 rings (SSSR count). The molecule has 3 aliphatic rings. The molecule has 0 radical (unpaired) electrons. The van der Waals surface area contributed by atoms with E-state index >= 15 is 0 Å². The first-order valence-electron chi connectivity index (χ1n) is 22.1. The highest BCUT2D eigenvalue weighted by molar-refractivity contribution is 6.07. The maximum atomic E-state index is 13.5. The second-order valence-corrected chi connectivity index (χ2v) is 16.7. The quantitative estimate of drug-likeness (QED) is 0.108. The molecule has 5 aromatic rings. The van der Waals surface area contributed by atoms with E-state index in [2.05, 4.69) is 31.2 Å². The van der Waals surface area contributed by atoms with E-state index in [1.165, 1.54) is 21.9 Å². The lowest BCUT2D eigenvalue weighted by Gasteiger charge is -2.28. The largest absolute Gasteiger partial charge is 0.416 e. The molecule has 1 saturated carbocycles. The molecule has 7 amide bonds. The van der Waals surface area contributed by atoms with Crippen molar-refractivity contribution in [2.45, 2.75) is 63.6 Å². The lowest BCUT2D eigenvalue weighted by molar-refractivity contribution is -0.137. The second-order valence-electron chi connectivity index (χ2n) is 16.7. The van der Waals surface area contributed by atoms with Crippen LogP contribution < -0.4 is 31.9 Å². The summed E-state index contributed by atoms with van der Waals surface area (Å²) in [6, 6.07) is 12.2. The molecule has 2 bridgehead atoms. The van der Waals surface area contributed by atoms with Crippen molar-refractivity contribution in [3.05, 3.63) is 107 Å². The molecule has 2 aliphatic heterocycles. The van der Waals surface area contributed by atoms with Crippen LogP contribution in [0.4, 0.5) is 35.3 Å². The number of aromatic nitrogens is 4. The second kappa shape index (κ2) is 20.0. The van der Waals surface area contributed by atoms with Crippen LogP contribution in [0.1, 0.15) is 87.8 Å². The molecule has 1 aliphatic carbocycles. The Bertz CT molecular complexity index is 2810. The number of carbonyl (C=O) groups excluding carboxylic acids is 6. The summed E-state index contributed by atoms with van der Waals surface area (Å²) in [4.78, 5) is 93.2. The molecular weight excluding hydrogens is 888 g/mol. The first-order valence-corrected chi connectivity index (χ1v) is 22.1. The number of nitrogens with zero attached hydrogens (tertiary/aromatic N) is 6. The Morgan fingerprint density at radius 2 is 1.74 bits per heavy atom. The molecule has 0 spiro atoms. The Balaban J connectivity index is 0.901. The van der Waals surface area contributed by atoms with Crippen molar-refractivity contribution in [3.8, 4) is 11.3 Å². The Kier molecular flexibility index (Phi) is 13.8. The number of halogens is 3. The number of anilines is 3. The summed E-state index contributed by atoms with van der Waals surface area (Å²) in [6.07, 6.45) is 4.24. The molecule has 2 atom stereocenters. The molecule has 3 aromatic heterocycles. The van der Waals surface area contributed by atoms with E-state index in [0.29, 0.717) is 59.4 Å². The molecule has 1 saturated heterocycles. The maximum absolute atomic E-state index is 13.5. The predicted octanol–water partition coefficient (Wildman–Crippen LogP) is 5.23. The van der Waals surface area contributed by atoms with Gasteiger partial charge in [-0.1, -0.05) is 24.3 Å². The van der Waals surface area contributed by atoms with E-state index in [1.807, 2.05) is 23.5 Å². The van der Waals surface area contributed by atoms with Crippen molar-refractivity contribution < 1.29 is 46.7 Å². The summed E-state index contributed by atoms with van der Waals surface area (Å²) in [7, 11) is 0. The number of ether oxygens (including phenoxy) is 1. The van der Waals surface area contributed by atoms with Gasteiger partial charge in [-0.3, -0.25) is 38.6 Å². The third-order valence-electron chi connectivity index (χ3n) is 12.0. The molecule has 21 heteroatoms. The van der Waals surface area contributed by atoms with E-state index in [0.717, 1.165) is 29.7 Å². The highest BCUT2D eigenvalue weighted by Crippen LogP contribution is 2.39. The van der Waals surface area contributed by atoms with Crippen LogP contribution in [0.5, 0.6) is 0 Å². The minimum absolute atomic E-state index is 0.000527. The van der Waals surface area contributed by atoms with Gasteiger partial charge in [-0.2, -0.15) is 13.2 Å². The van der Waals surface area contributed by atoms with Crippen molar-refractivity contribution in [2.24, 2.45) is 0 Å². The van der Waals surface area contributed by atoms with Gasteiger partial charge in [0.2, 0.25) is 17.7 Å². The minimum Gasteiger partial charge on any atom is -0.382 e. The number of pyridine rings is 1. The molecule has 1 unspecified atom stereocenters. The number of nitrogens with one attached hydrogen (secondary N) is 4. The predicted molar refractivity (Wildman–Crippen MR) is 243 cm³/mol. The Morgan fingerprint density at radius 3 is 2.51 bits per heavy atom. The SMILES string of the molecule is Cc1ccc(C(=O)NCCOCCC(=O)N2CC/C=C/c3cnc(N)c4c(-c5ccc(C(=O)Nc6cc(C(F)(F)F)ccn6)cc5)nc(n34)[C@@H]3CCC(C3)NC(=O)C2)cc1N1CCC(=O)NC1=O. The fourth-order valence-electron chi connectivity index (χ4n) is 8.54. The zero-order chi connectivity index (χ0) is 48.1. The summed E-state index contributed by atoms with van der Waals surface area (Å²) in [6.45, 7) is 2.43. The average molecular weight is 936 g/mol. The Hall–Kier alpha value is -7.68. The standard InChI is InChI=1S/C47H48F3N11O7/c1-27-5-6-31(23-35(27)60-19-14-37(62)57-46(60)67)44(65)53-17-21-68-20-15-39(64)59-18-3-2-4-34-25-54-42(51)41-40(58-43(61(34)41)30-11-12-33(22-30)55-38(63)26-59)28-7-9-29(10-8-28)45(66)56-36-24-32(13-16-52-36)47(48,49)50/h2,4-10,13,16,23-25,30,33H,3,11-12,14-15,17-22,26H2,1H3,(H2,51,54)(H,53,65)(H,55,63)(H,52,56,66)(H,57,62,67)/b4-2+/t30-,33?/m1/s1.